The number of pyridine rings is 1. The van der Waals surface area contributed by atoms with Crippen molar-refractivity contribution in [2.75, 3.05) is 5.32 Å². The van der Waals surface area contributed by atoms with E-state index in [4.69, 9.17) is 23.2 Å². The number of thioether (sulfide) groups is 1. The van der Waals surface area contributed by atoms with E-state index in [1.54, 1.807) is 30.5 Å². The summed E-state index contributed by atoms with van der Waals surface area (Å²) in [7, 11) is 0. The van der Waals surface area contributed by atoms with E-state index in [1.165, 1.54) is 12.6 Å². The summed E-state index contributed by atoms with van der Waals surface area (Å²) in [4.78, 5) is 30.8. The van der Waals surface area contributed by atoms with E-state index in [1.807, 2.05) is 0 Å². The van der Waals surface area contributed by atoms with Gasteiger partial charge >= 0.3 is 0 Å². The number of benzene rings is 1. The van der Waals surface area contributed by atoms with Crippen LogP contribution >= 0.6 is 35.0 Å². The molecule has 0 saturated heterocycles. The molecule has 0 atom stereocenters. The number of nitrogens with one attached hydrogen (secondary N) is 1. The Balaban J connectivity index is 1.86. The summed E-state index contributed by atoms with van der Waals surface area (Å²) in [5.74, 6) is 0.557. The minimum absolute atomic E-state index is 0.0157. The van der Waals surface area contributed by atoms with Crippen LogP contribution in [0.1, 0.15) is 69.2 Å². The highest BCUT2D eigenvalue weighted by molar-refractivity contribution is 8.14. The molecule has 31 heavy (non-hydrogen) atoms. The predicted molar refractivity (Wildman–Crippen MR) is 129 cm³/mol. The van der Waals surface area contributed by atoms with Gasteiger partial charge in [-0.1, -0.05) is 56.3 Å². The van der Waals surface area contributed by atoms with Crippen molar-refractivity contribution in [3.8, 4) is 0 Å². The first-order valence-corrected chi connectivity index (χ1v) is 12.3. The summed E-state index contributed by atoms with van der Waals surface area (Å²) >= 11 is 13.5. The maximum atomic E-state index is 13.5. The van der Waals surface area contributed by atoms with Gasteiger partial charge in [-0.3, -0.25) is 14.6 Å². The molecule has 1 aromatic heterocycles. The molecular formula is C24H28Cl2N2O2S. The Bertz CT molecular complexity index is 929. The number of anilines is 1. The lowest BCUT2D eigenvalue weighted by molar-refractivity contribution is -0.128. The van der Waals surface area contributed by atoms with E-state index in [0.29, 0.717) is 32.1 Å². The molecule has 0 unspecified atom stereocenters. The predicted octanol–water partition coefficient (Wildman–Crippen LogP) is 7.65. The molecule has 0 spiro atoms. The standard InChI is InChI=1S/C24H28Cl2N2O2S/c1-16(2)8-11-24(9-4-3-5-10-24)23(30)28-20-13-18(25)19(26)14-21(20)31-22(29)17-7-6-12-27-15-17/h6-7,12-16H,3-5,8-11H2,1-2H3,(H,28,30). The van der Waals surface area contributed by atoms with Crippen molar-refractivity contribution >= 4 is 51.7 Å². The zero-order valence-corrected chi connectivity index (χ0v) is 20.2. The third-order valence-corrected chi connectivity index (χ3v) is 7.56. The molecule has 1 aromatic carbocycles. The molecule has 1 saturated carbocycles. The minimum atomic E-state index is -0.371. The Labute approximate surface area is 198 Å². The van der Waals surface area contributed by atoms with Crippen LogP contribution in [-0.2, 0) is 4.79 Å². The summed E-state index contributed by atoms with van der Waals surface area (Å²) in [6, 6.07) is 6.70. The Hall–Kier alpha value is -1.56. The summed E-state index contributed by atoms with van der Waals surface area (Å²) in [6.07, 6.45) is 10.1. The van der Waals surface area contributed by atoms with Crippen molar-refractivity contribution in [2.24, 2.45) is 11.3 Å². The minimum Gasteiger partial charge on any atom is -0.325 e. The van der Waals surface area contributed by atoms with Gasteiger partial charge in [-0.2, -0.15) is 0 Å². The van der Waals surface area contributed by atoms with E-state index in [9.17, 15) is 9.59 Å². The zero-order chi connectivity index (χ0) is 22.4. The van der Waals surface area contributed by atoms with Gasteiger partial charge in [0.1, 0.15) is 0 Å². The lowest BCUT2D eigenvalue weighted by atomic mass is 9.69. The van der Waals surface area contributed by atoms with Crippen molar-refractivity contribution in [3.63, 3.8) is 0 Å². The molecule has 1 fully saturated rings. The third-order valence-electron chi connectivity index (χ3n) is 5.86. The molecule has 1 heterocycles. The summed E-state index contributed by atoms with van der Waals surface area (Å²) in [6.45, 7) is 4.37. The van der Waals surface area contributed by atoms with Crippen LogP contribution in [0, 0.1) is 11.3 Å². The van der Waals surface area contributed by atoms with Crippen LogP contribution in [0.15, 0.2) is 41.6 Å². The Morgan fingerprint density at radius 1 is 1.16 bits per heavy atom. The first kappa shape index (κ1) is 24.1. The van der Waals surface area contributed by atoms with Gasteiger partial charge in [0.2, 0.25) is 11.0 Å². The van der Waals surface area contributed by atoms with Crippen LogP contribution in [0.25, 0.3) is 0 Å². The molecular weight excluding hydrogens is 451 g/mol. The van der Waals surface area contributed by atoms with E-state index in [0.717, 1.165) is 50.3 Å². The van der Waals surface area contributed by atoms with Gasteiger partial charge in [0.15, 0.2) is 0 Å². The largest absolute Gasteiger partial charge is 0.325 e. The molecule has 7 heteroatoms. The van der Waals surface area contributed by atoms with E-state index in [-0.39, 0.29) is 16.4 Å². The Morgan fingerprint density at radius 3 is 2.52 bits per heavy atom. The van der Waals surface area contributed by atoms with Crippen molar-refractivity contribution < 1.29 is 9.59 Å². The van der Waals surface area contributed by atoms with E-state index < -0.39 is 0 Å². The number of rotatable bonds is 7. The van der Waals surface area contributed by atoms with Crippen molar-refractivity contribution in [2.45, 2.75) is 63.7 Å². The molecule has 1 amide bonds. The normalized spacial score (nSPS) is 15.6. The monoisotopic (exact) mass is 478 g/mol. The summed E-state index contributed by atoms with van der Waals surface area (Å²) in [5.41, 5.74) is 0.636. The fourth-order valence-electron chi connectivity index (χ4n) is 3.99. The average Bonchev–Trinajstić information content (AvgIpc) is 2.77. The number of carbonyl (C=O) groups is 2. The van der Waals surface area contributed by atoms with Gasteiger partial charge in [-0.25, -0.2) is 0 Å². The molecule has 3 rings (SSSR count). The van der Waals surface area contributed by atoms with Crippen LogP contribution in [0.5, 0.6) is 0 Å². The van der Waals surface area contributed by atoms with E-state index >= 15 is 0 Å². The zero-order valence-electron chi connectivity index (χ0n) is 17.9. The second-order valence-corrected chi connectivity index (χ2v) is 10.5. The van der Waals surface area contributed by atoms with Gasteiger partial charge in [0, 0.05) is 28.3 Å². The smallest absolute Gasteiger partial charge is 0.230 e. The first-order chi connectivity index (χ1) is 14.8. The lowest BCUT2D eigenvalue weighted by Crippen LogP contribution is -2.38. The molecule has 166 valence electrons. The van der Waals surface area contributed by atoms with Gasteiger partial charge in [0.25, 0.3) is 0 Å². The highest BCUT2D eigenvalue weighted by atomic mass is 35.5. The quantitative estimate of drug-likeness (QED) is 0.415. The van der Waals surface area contributed by atoms with Gasteiger partial charge < -0.3 is 5.32 Å². The fourth-order valence-corrected chi connectivity index (χ4v) is 5.22. The van der Waals surface area contributed by atoms with Gasteiger partial charge in [0.05, 0.1) is 15.7 Å². The first-order valence-electron chi connectivity index (χ1n) is 10.7. The highest BCUT2D eigenvalue weighted by Gasteiger charge is 2.39. The molecule has 4 nitrogen and oxygen atoms in total. The van der Waals surface area contributed by atoms with Crippen molar-refractivity contribution in [3.05, 3.63) is 52.3 Å². The molecule has 1 N–H and O–H groups in total. The molecule has 2 aromatic rings. The molecule has 0 bridgehead atoms. The SMILES string of the molecule is CC(C)CCC1(C(=O)Nc2cc(Cl)c(Cl)cc2SC(=O)c2cccnc2)CCCCC1. The topological polar surface area (TPSA) is 59.1 Å². The number of carbonyl (C=O) groups excluding carboxylic acids is 2. The molecule has 1 aliphatic carbocycles. The fraction of sp³-hybridized carbons (Fsp3) is 0.458. The summed E-state index contributed by atoms with van der Waals surface area (Å²) < 4.78 is 0. The van der Waals surface area contributed by atoms with Crippen LogP contribution in [0.4, 0.5) is 5.69 Å². The van der Waals surface area contributed by atoms with E-state index in [2.05, 4.69) is 24.1 Å². The lowest BCUT2D eigenvalue weighted by Gasteiger charge is -2.36. The third kappa shape index (κ3) is 6.24. The van der Waals surface area contributed by atoms with Crippen LogP contribution in [0.2, 0.25) is 10.0 Å². The molecule has 0 aliphatic heterocycles. The summed E-state index contributed by atoms with van der Waals surface area (Å²) in [5, 5.41) is 3.61. The van der Waals surface area contributed by atoms with Gasteiger partial charge in [-0.05, 0) is 67.6 Å². The molecule has 0 radical (unpaired) electrons. The van der Waals surface area contributed by atoms with Gasteiger partial charge in [-0.15, -0.1) is 0 Å². The van der Waals surface area contributed by atoms with Crippen molar-refractivity contribution in [1.29, 1.82) is 0 Å². The van der Waals surface area contributed by atoms with Crippen molar-refractivity contribution in [1.82, 2.24) is 4.98 Å². The second-order valence-electron chi connectivity index (χ2n) is 8.62. The number of halogens is 2. The number of aromatic nitrogens is 1. The molecule has 1 aliphatic rings. The van der Waals surface area contributed by atoms with Crippen LogP contribution in [0.3, 0.4) is 0 Å². The Kier molecular flexibility index (Phi) is 8.43. The number of hydrogen-bond acceptors (Lipinski definition) is 4. The average molecular weight is 479 g/mol. The second kappa shape index (κ2) is 10.8. The highest BCUT2D eigenvalue weighted by Crippen LogP contribution is 2.43. The van der Waals surface area contributed by atoms with Crippen LogP contribution in [-0.4, -0.2) is 16.0 Å². The maximum absolute atomic E-state index is 13.5. The maximum Gasteiger partial charge on any atom is 0.230 e. The Morgan fingerprint density at radius 2 is 1.87 bits per heavy atom. The number of hydrogen-bond donors (Lipinski definition) is 1. The number of amides is 1. The van der Waals surface area contributed by atoms with Crippen LogP contribution < -0.4 is 5.32 Å². The number of nitrogens with zero attached hydrogens (tertiary/aromatic N) is 1.